The summed E-state index contributed by atoms with van der Waals surface area (Å²) in [5.41, 5.74) is 0.234. The average molecular weight is 324 g/mol. The molecule has 0 aromatic carbocycles. The molecule has 0 N–H and O–H groups in total. The molecule has 0 aliphatic heterocycles. The fourth-order valence-electron chi connectivity index (χ4n) is 3.24. The molecule has 0 aliphatic carbocycles. The summed E-state index contributed by atoms with van der Waals surface area (Å²) in [6, 6.07) is -1.64. The summed E-state index contributed by atoms with van der Waals surface area (Å²) in [7, 11) is 1.03. The van der Waals surface area contributed by atoms with Crippen molar-refractivity contribution < 1.29 is 0 Å². The van der Waals surface area contributed by atoms with Crippen LogP contribution in [0.3, 0.4) is 0 Å². The van der Waals surface area contributed by atoms with Crippen LogP contribution in [-0.2, 0) is 23.6 Å². The molecule has 1 unspecified atom stereocenters. The third kappa shape index (κ3) is 2.78. The fourth-order valence-corrected chi connectivity index (χ4v) is 14.4. The molecule has 0 aliphatic rings. The molecule has 0 spiro atoms. The van der Waals surface area contributed by atoms with Crippen LogP contribution in [0.25, 0.3) is 0 Å². The third-order valence-corrected chi connectivity index (χ3v) is 16.5. The Bertz CT molecular complexity index is 351. The Hall–Kier alpha value is 1.17. The summed E-state index contributed by atoms with van der Waals surface area (Å²) < 4.78 is 0. The lowest BCUT2D eigenvalue weighted by Crippen LogP contribution is -2.51. The molecule has 0 saturated carbocycles. The Balaban J connectivity index is 6.47. The van der Waals surface area contributed by atoms with E-state index in [2.05, 4.69) is 69.0 Å². The first kappa shape index (κ1) is 19.2. The SMILES string of the molecule is CC(C)(C)C(P=S)(C(C)(C)C)P(C)(=S)C(C)(C)C. The van der Waals surface area contributed by atoms with Gasteiger partial charge in [0, 0.05) is 0 Å². The molecule has 1 atom stereocenters. The van der Waals surface area contributed by atoms with Crippen LogP contribution in [-0.4, -0.2) is 16.7 Å². The first-order valence-corrected chi connectivity index (χ1v) is 11.6. The molecule has 0 fully saturated rings. The van der Waals surface area contributed by atoms with Gasteiger partial charge in [0.1, 0.15) is 0 Å². The van der Waals surface area contributed by atoms with E-state index in [4.69, 9.17) is 23.6 Å². The van der Waals surface area contributed by atoms with E-state index < -0.39 is 6.04 Å². The van der Waals surface area contributed by atoms with Crippen LogP contribution in [0, 0.1) is 10.8 Å². The van der Waals surface area contributed by atoms with Crippen molar-refractivity contribution in [2.24, 2.45) is 10.8 Å². The third-order valence-electron chi connectivity index (χ3n) is 4.12. The van der Waals surface area contributed by atoms with Crippen molar-refractivity contribution in [2.45, 2.75) is 72.4 Å². The normalized spacial score (nSPS) is 18.8. The molecular formula is C14H30P2S2. The van der Waals surface area contributed by atoms with E-state index in [9.17, 15) is 0 Å². The van der Waals surface area contributed by atoms with Crippen molar-refractivity contribution >= 4 is 37.0 Å². The van der Waals surface area contributed by atoms with Crippen LogP contribution in [0.15, 0.2) is 0 Å². The van der Waals surface area contributed by atoms with Crippen LogP contribution in [0.2, 0.25) is 0 Å². The molecule has 0 saturated heterocycles. The van der Waals surface area contributed by atoms with Gasteiger partial charge in [-0.25, -0.2) is 0 Å². The maximum Gasteiger partial charge on any atom is 0.0614 e. The van der Waals surface area contributed by atoms with Crippen molar-refractivity contribution in [3.05, 3.63) is 0 Å². The summed E-state index contributed by atoms with van der Waals surface area (Å²) in [6.07, 6.45) is 0. The maximum absolute atomic E-state index is 6.25. The zero-order valence-corrected chi connectivity index (χ0v) is 17.1. The second kappa shape index (κ2) is 5.18. The molecule has 0 heterocycles. The largest absolute Gasteiger partial charge is 0.0959 e. The van der Waals surface area contributed by atoms with Crippen LogP contribution >= 0.6 is 13.4 Å². The highest BCUT2D eigenvalue weighted by Gasteiger charge is 2.59. The number of rotatable bonds is 2. The molecular weight excluding hydrogens is 294 g/mol. The Labute approximate surface area is 127 Å². The van der Waals surface area contributed by atoms with Gasteiger partial charge in [-0.05, 0) is 36.0 Å². The molecule has 0 nitrogen and oxygen atoms in total. The Morgan fingerprint density at radius 1 is 0.778 bits per heavy atom. The minimum Gasteiger partial charge on any atom is -0.0959 e. The molecule has 4 heteroatoms. The summed E-state index contributed by atoms with van der Waals surface area (Å²) in [6.45, 7) is 23.1. The summed E-state index contributed by atoms with van der Waals surface area (Å²) >= 11 is 11.9. The van der Waals surface area contributed by atoms with E-state index in [-0.39, 0.29) is 20.9 Å². The van der Waals surface area contributed by atoms with E-state index in [0.29, 0.717) is 0 Å². The van der Waals surface area contributed by atoms with E-state index in [1.165, 1.54) is 0 Å². The maximum atomic E-state index is 6.25. The van der Waals surface area contributed by atoms with Crippen LogP contribution in [0.4, 0.5) is 0 Å². The van der Waals surface area contributed by atoms with Gasteiger partial charge in [-0.2, -0.15) is 0 Å². The smallest absolute Gasteiger partial charge is 0.0614 e. The van der Waals surface area contributed by atoms with E-state index >= 15 is 0 Å². The Morgan fingerprint density at radius 3 is 1.11 bits per heavy atom. The highest BCUT2D eigenvalue weighted by molar-refractivity contribution is 8.19. The average Bonchev–Trinajstić information content (AvgIpc) is 1.96. The highest BCUT2D eigenvalue weighted by Crippen LogP contribution is 2.78. The van der Waals surface area contributed by atoms with Crippen molar-refractivity contribution in [1.82, 2.24) is 0 Å². The zero-order chi connectivity index (χ0) is 15.2. The summed E-state index contributed by atoms with van der Waals surface area (Å²) in [5.74, 6) is 0. The standard InChI is InChI=1S/C14H30P2S2/c1-11(2,3)14(15-17,12(4,5)6)16(10,18)13(7,8)9/h1-10H3. The first-order chi connectivity index (χ1) is 7.56. The van der Waals surface area contributed by atoms with Crippen LogP contribution in [0.5, 0.6) is 0 Å². The zero-order valence-electron chi connectivity index (χ0n) is 13.7. The molecule has 108 valence electrons. The topological polar surface area (TPSA) is 0 Å². The van der Waals surface area contributed by atoms with Crippen molar-refractivity contribution in [3.8, 4) is 0 Å². The van der Waals surface area contributed by atoms with Crippen molar-refractivity contribution in [3.63, 3.8) is 0 Å². The van der Waals surface area contributed by atoms with Gasteiger partial charge in [-0.15, -0.1) is 0 Å². The molecule has 0 bridgehead atoms. The van der Waals surface area contributed by atoms with Gasteiger partial charge in [-0.1, -0.05) is 85.9 Å². The molecule has 0 amide bonds. The minimum atomic E-state index is -1.64. The first-order valence-electron chi connectivity index (χ1n) is 6.48. The monoisotopic (exact) mass is 324 g/mol. The van der Waals surface area contributed by atoms with Gasteiger partial charge in [0.05, 0.1) is 4.90 Å². The lowest BCUT2D eigenvalue weighted by molar-refractivity contribution is 0.212. The number of hydrogen-bond donors (Lipinski definition) is 0. The fraction of sp³-hybridized carbons (Fsp3) is 1.00. The van der Waals surface area contributed by atoms with Crippen LogP contribution in [0.1, 0.15) is 62.3 Å². The van der Waals surface area contributed by atoms with E-state index in [1.807, 2.05) is 0 Å². The quantitative estimate of drug-likeness (QED) is 0.564. The predicted octanol–water partition coefficient (Wildman–Crippen LogP) is 6.09. The van der Waals surface area contributed by atoms with E-state index in [1.54, 1.807) is 0 Å². The number of hydrogen-bond acceptors (Lipinski definition) is 2. The van der Waals surface area contributed by atoms with Crippen molar-refractivity contribution in [1.29, 1.82) is 0 Å². The molecule has 0 rings (SSSR count). The van der Waals surface area contributed by atoms with Crippen molar-refractivity contribution in [2.75, 3.05) is 6.66 Å². The molecule has 18 heavy (non-hydrogen) atoms. The predicted molar refractivity (Wildman–Crippen MR) is 95.9 cm³/mol. The summed E-state index contributed by atoms with van der Waals surface area (Å²) in [5, 5.41) is 0.148. The van der Waals surface area contributed by atoms with Gasteiger partial charge in [0.2, 0.25) is 0 Å². The lowest BCUT2D eigenvalue weighted by atomic mass is 9.76. The molecule has 0 radical (unpaired) electrons. The van der Waals surface area contributed by atoms with Gasteiger partial charge in [0.25, 0.3) is 0 Å². The van der Waals surface area contributed by atoms with Gasteiger partial charge < -0.3 is 0 Å². The van der Waals surface area contributed by atoms with Gasteiger partial charge >= 0.3 is 0 Å². The Morgan fingerprint density at radius 2 is 1.06 bits per heavy atom. The van der Waals surface area contributed by atoms with Crippen LogP contribution < -0.4 is 0 Å². The second-order valence-electron chi connectivity index (χ2n) is 8.36. The molecule has 0 aromatic heterocycles. The lowest BCUT2D eigenvalue weighted by Gasteiger charge is -2.59. The minimum absolute atomic E-state index is 0.00984. The highest BCUT2D eigenvalue weighted by atomic mass is 32.5. The summed E-state index contributed by atoms with van der Waals surface area (Å²) in [4.78, 5) is 0.00984. The Kier molecular flexibility index (Phi) is 5.51. The van der Waals surface area contributed by atoms with E-state index in [0.717, 1.165) is 7.36 Å². The second-order valence-corrected chi connectivity index (χ2v) is 16.2. The molecule has 0 aromatic rings. The van der Waals surface area contributed by atoms with Gasteiger partial charge in [0.15, 0.2) is 0 Å². The van der Waals surface area contributed by atoms with Gasteiger partial charge in [-0.3, -0.25) is 0 Å².